The van der Waals surface area contributed by atoms with E-state index >= 15 is 0 Å². The second-order valence-corrected chi connectivity index (χ2v) is 6.35. The normalized spacial score (nSPS) is 22.3. The maximum atomic E-state index is 3.56. The van der Waals surface area contributed by atoms with Crippen LogP contribution in [0, 0.1) is 5.41 Å². The first-order valence-corrected chi connectivity index (χ1v) is 7.25. The zero-order chi connectivity index (χ0) is 12.6. The molecule has 0 aliphatic carbocycles. The Kier molecular flexibility index (Phi) is 3.06. The van der Waals surface area contributed by atoms with Gasteiger partial charge in [0.25, 0.3) is 0 Å². The highest BCUT2D eigenvalue weighted by Gasteiger charge is 2.43. The molecule has 0 atom stereocenters. The summed E-state index contributed by atoms with van der Waals surface area (Å²) >= 11 is 0. The van der Waals surface area contributed by atoms with Gasteiger partial charge in [-0.05, 0) is 36.9 Å². The Balaban J connectivity index is 1.74. The van der Waals surface area contributed by atoms with Crippen LogP contribution in [-0.2, 0) is 0 Å². The van der Waals surface area contributed by atoms with Gasteiger partial charge in [0.1, 0.15) is 0 Å². The van der Waals surface area contributed by atoms with Crippen molar-refractivity contribution in [3.8, 4) is 0 Å². The lowest BCUT2D eigenvalue weighted by molar-refractivity contribution is 0.156. The van der Waals surface area contributed by atoms with Gasteiger partial charge >= 0.3 is 0 Å². The zero-order valence-corrected chi connectivity index (χ0v) is 11.6. The summed E-state index contributed by atoms with van der Waals surface area (Å²) in [6.07, 6.45) is 2.75. The van der Waals surface area contributed by atoms with E-state index in [1.54, 1.807) is 0 Å². The van der Waals surface area contributed by atoms with E-state index in [1.165, 1.54) is 50.3 Å². The van der Waals surface area contributed by atoms with Crippen LogP contribution in [0.25, 0.3) is 0 Å². The molecule has 1 spiro atoms. The predicted octanol–water partition coefficient (Wildman–Crippen LogP) is 3.00. The molecule has 2 aliphatic rings. The minimum Gasteiger partial charge on any atom is -0.370 e. The summed E-state index contributed by atoms with van der Waals surface area (Å²) in [6.45, 7) is 9.48. The van der Waals surface area contributed by atoms with Gasteiger partial charge in [-0.25, -0.2) is 0 Å². The molecular weight excluding hydrogens is 220 g/mol. The van der Waals surface area contributed by atoms with Crippen LogP contribution in [0.4, 0.5) is 5.69 Å². The fraction of sp³-hybridized carbons (Fsp3) is 0.625. The molecule has 2 heterocycles. The average Bonchev–Trinajstić information content (AvgIpc) is 2.37. The van der Waals surface area contributed by atoms with Crippen molar-refractivity contribution in [2.24, 2.45) is 5.41 Å². The molecule has 1 N–H and O–H groups in total. The number of hydrogen-bond donors (Lipinski definition) is 1. The van der Waals surface area contributed by atoms with Crippen molar-refractivity contribution in [3.05, 3.63) is 29.8 Å². The zero-order valence-electron chi connectivity index (χ0n) is 11.6. The minimum atomic E-state index is 0.572. The van der Waals surface area contributed by atoms with E-state index in [2.05, 4.69) is 48.3 Å². The third kappa shape index (κ3) is 2.03. The Labute approximate surface area is 110 Å². The monoisotopic (exact) mass is 244 g/mol. The van der Waals surface area contributed by atoms with Gasteiger partial charge < -0.3 is 10.2 Å². The van der Waals surface area contributed by atoms with Crippen LogP contribution in [0.15, 0.2) is 24.3 Å². The first kappa shape index (κ1) is 12.0. The molecule has 98 valence electrons. The van der Waals surface area contributed by atoms with Gasteiger partial charge in [-0.1, -0.05) is 32.0 Å². The van der Waals surface area contributed by atoms with Gasteiger partial charge in [0.2, 0.25) is 0 Å². The van der Waals surface area contributed by atoms with Crippen molar-refractivity contribution in [2.45, 2.75) is 32.6 Å². The summed E-state index contributed by atoms with van der Waals surface area (Å²) < 4.78 is 0. The van der Waals surface area contributed by atoms with Crippen molar-refractivity contribution in [1.29, 1.82) is 0 Å². The van der Waals surface area contributed by atoms with E-state index in [9.17, 15) is 0 Å². The molecule has 2 heteroatoms. The largest absolute Gasteiger partial charge is 0.370 e. The lowest BCUT2D eigenvalue weighted by Gasteiger charge is -2.54. The highest BCUT2D eigenvalue weighted by Crippen LogP contribution is 2.41. The van der Waals surface area contributed by atoms with Crippen molar-refractivity contribution in [3.63, 3.8) is 0 Å². The summed E-state index contributed by atoms with van der Waals surface area (Å²) in [6, 6.07) is 8.91. The number of anilines is 1. The minimum absolute atomic E-state index is 0.572. The van der Waals surface area contributed by atoms with E-state index in [0.717, 1.165) is 0 Å². The number of nitrogens with zero attached hydrogens (tertiary/aromatic N) is 1. The molecular formula is C16H24N2. The Morgan fingerprint density at radius 3 is 2.67 bits per heavy atom. The third-order valence-electron chi connectivity index (χ3n) is 4.51. The van der Waals surface area contributed by atoms with Crippen LogP contribution in [-0.4, -0.2) is 26.2 Å². The van der Waals surface area contributed by atoms with E-state index in [4.69, 9.17) is 0 Å². The molecule has 0 bridgehead atoms. The van der Waals surface area contributed by atoms with Gasteiger partial charge in [0.15, 0.2) is 0 Å². The van der Waals surface area contributed by atoms with Crippen molar-refractivity contribution in [1.82, 2.24) is 5.32 Å². The molecule has 0 amide bonds. The topological polar surface area (TPSA) is 15.3 Å². The Morgan fingerprint density at radius 2 is 2.00 bits per heavy atom. The third-order valence-corrected chi connectivity index (χ3v) is 4.51. The number of para-hydroxylation sites is 1. The molecule has 18 heavy (non-hydrogen) atoms. The van der Waals surface area contributed by atoms with Crippen molar-refractivity contribution >= 4 is 5.69 Å². The number of rotatable bonds is 2. The molecule has 3 rings (SSSR count). The SMILES string of the molecule is CC(C)c1ccccc1N1CC2(CCCNC2)C1. The second kappa shape index (κ2) is 4.58. The van der Waals surface area contributed by atoms with Crippen molar-refractivity contribution in [2.75, 3.05) is 31.1 Å². The van der Waals surface area contributed by atoms with E-state index < -0.39 is 0 Å². The van der Waals surface area contributed by atoms with E-state index in [0.29, 0.717) is 11.3 Å². The molecule has 2 nitrogen and oxygen atoms in total. The first-order valence-electron chi connectivity index (χ1n) is 7.25. The Bertz CT molecular complexity index is 411. The van der Waals surface area contributed by atoms with E-state index in [-0.39, 0.29) is 0 Å². The van der Waals surface area contributed by atoms with Gasteiger partial charge in [0, 0.05) is 30.7 Å². The summed E-state index contributed by atoms with van der Waals surface area (Å²) in [7, 11) is 0. The van der Waals surface area contributed by atoms with Crippen LogP contribution < -0.4 is 10.2 Å². The molecule has 0 radical (unpaired) electrons. The highest BCUT2D eigenvalue weighted by molar-refractivity contribution is 5.57. The fourth-order valence-corrected chi connectivity index (χ4v) is 3.50. The molecule has 2 saturated heterocycles. The summed E-state index contributed by atoms with van der Waals surface area (Å²) in [5.74, 6) is 0.613. The lowest BCUT2D eigenvalue weighted by atomic mass is 9.73. The van der Waals surface area contributed by atoms with Crippen LogP contribution in [0.1, 0.15) is 38.2 Å². The molecule has 1 aromatic rings. The van der Waals surface area contributed by atoms with E-state index in [1.807, 2.05) is 0 Å². The van der Waals surface area contributed by atoms with Gasteiger partial charge in [-0.15, -0.1) is 0 Å². The predicted molar refractivity (Wildman–Crippen MR) is 77.3 cm³/mol. The number of piperidine rings is 1. The van der Waals surface area contributed by atoms with Crippen LogP contribution in [0.2, 0.25) is 0 Å². The summed E-state index contributed by atoms with van der Waals surface area (Å²) in [5, 5.41) is 3.56. The maximum Gasteiger partial charge on any atom is 0.0401 e. The molecule has 2 aliphatic heterocycles. The molecule has 0 saturated carbocycles. The molecule has 0 unspecified atom stereocenters. The van der Waals surface area contributed by atoms with Gasteiger partial charge in [0.05, 0.1) is 0 Å². The number of nitrogens with one attached hydrogen (secondary N) is 1. The highest BCUT2D eigenvalue weighted by atomic mass is 15.2. The van der Waals surface area contributed by atoms with Gasteiger partial charge in [-0.2, -0.15) is 0 Å². The molecule has 2 fully saturated rings. The van der Waals surface area contributed by atoms with Crippen molar-refractivity contribution < 1.29 is 0 Å². The number of benzene rings is 1. The quantitative estimate of drug-likeness (QED) is 0.860. The average molecular weight is 244 g/mol. The van der Waals surface area contributed by atoms with Crippen LogP contribution >= 0.6 is 0 Å². The first-order chi connectivity index (χ1) is 8.70. The van der Waals surface area contributed by atoms with Crippen LogP contribution in [0.3, 0.4) is 0 Å². The summed E-state index contributed by atoms with van der Waals surface area (Å²) in [5.41, 5.74) is 3.53. The number of hydrogen-bond acceptors (Lipinski definition) is 2. The van der Waals surface area contributed by atoms with Gasteiger partial charge in [-0.3, -0.25) is 0 Å². The molecule has 0 aromatic heterocycles. The Hall–Kier alpha value is -1.02. The standard InChI is InChI=1S/C16H24N2/c1-13(2)14-6-3-4-7-15(14)18-11-16(12-18)8-5-9-17-10-16/h3-4,6-7,13,17H,5,8-12H2,1-2H3. The maximum absolute atomic E-state index is 3.56. The fourth-order valence-electron chi connectivity index (χ4n) is 3.50. The molecule has 1 aromatic carbocycles. The summed E-state index contributed by atoms with van der Waals surface area (Å²) in [4.78, 5) is 2.57. The Morgan fingerprint density at radius 1 is 1.22 bits per heavy atom. The second-order valence-electron chi connectivity index (χ2n) is 6.35. The lowest BCUT2D eigenvalue weighted by Crippen LogP contribution is -2.62. The van der Waals surface area contributed by atoms with Crippen LogP contribution in [0.5, 0.6) is 0 Å². The smallest absolute Gasteiger partial charge is 0.0401 e.